The van der Waals surface area contributed by atoms with Crippen molar-refractivity contribution in [2.24, 2.45) is 11.8 Å². The molecule has 2 atom stereocenters. The van der Waals surface area contributed by atoms with Gasteiger partial charge in [0.05, 0.1) is 19.1 Å². The van der Waals surface area contributed by atoms with Crippen LogP contribution in [0, 0.1) is 11.8 Å². The molecule has 2 unspecified atom stereocenters. The highest BCUT2D eigenvalue weighted by Gasteiger charge is 2.26. The molecule has 0 radical (unpaired) electrons. The molecular weight excluding hydrogens is 242 g/mol. The Balaban J connectivity index is 2.63. The van der Waals surface area contributed by atoms with Crippen LogP contribution in [0.3, 0.4) is 0 Å². The van der Waals surface area contributed by atoms with Gasteiger partial charge in [0.15, 0.2) is 0 Å². The van der Waals surface area contributed by atoms with Gasteiger partial charge < -0.3 is 15.5 Å². The minimum atomic E-state index is -1.12. The van der Waals surface area contributed by atoms with Gasteiger partial charge in [-0.05, 0) is 18.4 Å². The first-order valence-corrected chi connectivity index (χ1v) is 6.55. The topological polar surface area (TPSA) is 69.6 Å². The van der Waals surface area contributed by atoms with Crippen molar-refractivity contribution < 1.29 is 15.0 Å². The van der Waals surface area contributed by atoms with Crippen molar-refractivity contribution >= 4 is 5.91 Å². The molecule has 0 aliphatic heterocycles. The molecule has 0 bridgehead atoms. The van der Waals surface area contributed by atoms with Crippen LogP contribution in [-0.2, 0) is 10.4 Å². The van der Waals surface area contributed by atoms with Crippen LogP contribution in [0.1, 0.15) is 26.3 Å². The normalized spacial score (nSPS) is 15.9. The molecule has 1 amide bonds. The monoisotopic (exact) mass is 265 g/mol. The number of amides is 1. The highest BCUT2D eigenvalue weighted by Crippen LogP contribution is 2.19. The summed E-state index contributed by atoms with van der Waals surface area (Å²) in [7, 11) is 0. The molecule has 0 fully saturated rings. The minimum absolute atomic E-state index is 0.0617. The number of carbonyl (C=O) groups excluding carboxylic acids is 1. The zero-order valence-electron chi connectivity index (χ0n) is 11.8. The summed E-state index contributed by atoms with van der Waals surface area (Å²) < 4.78 is 0. The van der Waals surface area contributed by atoms with E-state index in [1.165, 1.54) is 0 Å². The summed E-state index contributed by atoms with van der Waals surface area (Å²) >= 11 is 0. The van der Waals surface area contributed by atoms with Crippen molar-refractivity contribution in [1.29, 1.82) is 0 Å². The molecule has 4 heteroatoms. The summed E-state index contributed by atoms with van der Waals surface area (Å²) in [6, 6.07) is 9.20. The van der Waals surface area contributed by atoms with E-state index in [2.05, 4.69) is 5.32 Å². The van der Waals surface area contributed by atoms with Gasteiger partial charge >= 0.3 is 0 Å². The molecule has 0 aromatic heterocycles. The molecule has 106 valence electrons. The molecule has 0 heterocycles. The fourth-order valence-corrected chi connectivity index (χ4v) is 1.89. The highest BCUT2D eigenvalue weighted by atomic mass is 16.3. The maximum atomic E-state index is 11.9. The molecule has 0 aliphatic rings. The van der Waals surface area contributed by atoms with Gasteiger partial charge in [-0.3, -0.25) is 4.79 Å². The van der Waals surface area contributed by atoms with E-state index in [0.29, 0.717) is 0 Å². The maximum absolute atomic E-state index is 11.9. The van der Waals surface area contributed by atoms with Gasteiger partial charge in [0, 0.05) is 0 Å². The molecule has 1 rings (SSSR count). The van der Waals surface area contributed by atoms with Gasteiger partial charge in [-0.15, -0.1) is 0 Å². The number of aliphatic hydroxyl groups excluding tert-OH is 1. The second-order valence-electron chi connectivity index (χ2n) is 5.39. The zero-order chi connectivity index (χ0) is 14.5. The fourth-order valence-electron chi connectivity index (χ4n) is 1.89. The van der Waals surface area contributed by atoms with E-state index >= 15 is 0 Å². The molecule has 1 aromatic rings. The average molecular weight is 265 g/mol. The van der Waals surface area contributed by atoms with Crippen LogP contribution in [0.25, 0.3) is 0 Å². The smallest absolute Gasteiger partial charge is 0.225 e. The summed E-state index contributed by atoms with van der Waals surface area (Å²) in [4.78, 5) is 11.9. The SMILES string of the molecule is CC(C)C(CO)C(=O)NCC(C)(O)c1ccccc1. The van der Waals surface area contributed by atoms with Crippen LogP contribution in [0.2, 0.25) is 0 Å². The fraction of sp³-hybridized carbons (Fsp3) is 0.533. The van der Waals surface area contributed by atoms with Gasteiger partial charge in [0.25, 0.3) is 0 Å². The Labute approximate surface area is 114 Å². The molecule has 3 N–H and O–H groups in total. The van der Waals surface area contributed by atoms with Crippen molar-refractivity contribution in [1.82, 2.24) is 5.32 Å². The number of nitrogens with one attached hydrogen (secondary N) is 1. The Morgan fingerprint density at radius 2 is 1.89 bits per heavy atom. The summed E-state index contributed by atoms with van der Waals surface area (Å²) in [6.45, 7) is 5.37. The van der Waals surface area contributed by atoms with Crippen LogP contribution in [-0.4, -0.2) is 29.3 Å². The number of rotatable bonds is 6. The van der Waals surface area contributed by atoms with E-state index in [4.69, 9.17) is 0 Å². The van der Waals surface area contributed by atoms with Gasteiger partial charge in [0.2, 0.25) is 5.91 Å². The van der Waals surface area contributed by atoms with Gasteiger partial charge in [0.1, 0.15) is 5.60 Å². The third-order valence-corrected chi connectivity index (χ3v) is 3.34. The second kappa shape index (κ2) is 6.68. The summed E-state index contributed by atoms with van der Waals surface area (Å²) in [5.41, 5.74) is -0.367. The van der Waals surface area contributed by atoms with Crippen LogP contribution < -0.4 is 5.32 Å². The first-order valence-electron chi connectivity index (χ1n) is 6.55. The Hall–Kier alpha value is -1.39. The van der Waals surface area contributed by atoms with Gasteiger partial charge in [-0.1, -0.05) is 44.2 Å². The summed E-state index contributed by atoms with van der Waals surface area (Å²) in [5, 5.41) is 22.2. The van der Waals surface area contributed by atoms with Gasteiger partial charge in [-0.2, -0.15) is 0 Å². The molecular formula is C15H23NO3. The van der Waals surface area contributed by atoms with E-state index in [9.17, 15) is 15.0 Å². The first kappa shape index (κ1) is 15.7. The van der Waals surface area contributed by atoms with Crippen molar-refractivity contribution in [2.45, 2.75) is 26.4 Å². The standard InChI is InChI=1S/C15H23NO3/c1-11(2)13(9-17)14(18)16-10-15(3,19)12-7-5-4-6-8-12/h4-8,11,13,17,19H,9-10H2,1-3H3,(H,16,18). The lowest BCUT2D eigenvalue weighted by molar-refractivity contribution is -0.128. The van der Waals surface area contributed by atoms with Crippen LogP contribution >= 0.6 is 0 Å². The van der Waals surface area contributed by atoms with Crippen LogP contribution in [0.15, 0.2) is 30.3 Å². The van der Waals surface area contributed by atoms with Crippen molar-refractivity contribution in [3.05, 3.63) is 35.9 Å². The first-order chi connectivity index (χ1) is 8.88. The lowest BCUT2D eigenvalue weighted by Gasteiger charge is -2.26. The zero-order valence-corrected chi connectivity index (χ0v) is 11.8. The van der Waals surface area contributed by atoms with E-state index in [1.54, 1.807) is 6.92 Å². The summed E-state index contributed by atoms with van der Waals surface area (Å²) in [5.74, 6) is -0.605. The number of benzene rings is 1. The van der Waals surface area contributed by atoms with E-state index in [0.717, 1.165) is 5.56 Å². The number of hydrogen-bond donors (Lipinski definition) is 3. The highest BCUT2D eigenvalue weighted by molar-refractivity contribution is 5.79. The van der Waals surface area contributed by atoms with E-state index < -0.39 is 11.5 Å². The number of aliphatic hydroxyl groups is 2. The molecule has 0 aliphatic carbocycles. The van der Waals surface area contributed by atoms with E-state index in [1.807, 2.05) is 44.2 Å². The quantitative estimate of drug-likeness (QED) is 0.725. The Morgan fingerprint density at radius 3 is 2.37 bits per heavy atom. The van der Waals surface area contributed by atoms with Crippen LogP contribution in [0.5, 0.6) is 0 Å². The molecule has 0 saturated carbocycles. The molecule has 0 saturated heterocycles. The molecule has 4 nitrogen and oxygen atoms in total. The Bertz CT molecular complexity index is 401. The Kier molecular flexibility index (Phi) is 5.51. The molecule has 19 heavy (non-hydrogen) atoms. The minimum Gasteiger partial charge on any atom is -0.396 e. The van der Waals surface area contributed by atoms with Crippen LogP contribution in [0.4, 0.5) is 0 Å². The van der Waals surface area contributed by atoms with Crippen molar-refractivity contribution in [2.75, 3.05) is 13.2 Å². The predicted molar refractivity (Wildman–Crippen MR) is 74.4 cm³/mol. The number of carbonyl (C=O) groups is 1. The maximum Gasteiger partial charge on any atom is 0.225 e. The lowest BCUT2D eigenvalue weighted by atomic mass is 9.93. The lowest BCUT2D eigenvalue weighted by Crippen LogP contribution is -2.43. The molecule has 0 spiro atoms. The van der Waals surface area contributed by atoms with Crippen molar-refractivity contribution in [3.63, 3.8) is 0 Å². The predicted octanol–water partition coefficient (Wildman–Crippen LogP) is 1.27. The summed E-state index contributed by atoms with van der Waals surface area (Å²) in [6.07, 6.45) is 0. The molecule has 1 aromatic carbocycles. The van der Waals surface area contributed by atoms with Gasteiger partial charge in [-0.25, -0.2) is 0 Å². The largest absolute Gasteiger partial charge is 0.396 e. The average Bonchev–Trinajstić information content (AvgIpc) is 2.38. The van der Waals surface area contributed by atoms with Crippen molar-refractivity contribution in [3.8, 4) is 0 Å². The Morgan fingerprint density at radius 1 is 1.32 bits per heavy atom. The number of hydrogen-bond acceptors (Lipinski definition) is 3. The third kappa shape index (κ3) is 4.33. The third-order valence-electron chi connectivity index (χ3n) is 3.34. The van der Waals surface area contributed by atoms with E-state index in [-0.39, 0.29) is 25.0 Å². The second-order valence-corrected chi connectivity index (χ2v) is 5.39.